The maximum Gasteiger partial charge on any atom is 0.165 e. The number of rotatable bonds is 8. The predicted molar refractivity (Wildman–Crippen MR) is 89.3 cm³/mol. The lowest BCUT2D eigenvalue weighted by Gasteiger charge is -2.37. The fourth-order valence-electron chi connectivity index (χ4n) is 2.60. The summed E-state index contributed by atoms with van der Waals surface area (Å²) in [6.45, 7) is 8.44. The van der Waals surface area contributed by atoms with Gasteiger partial charge in [0.1, 0.15) is 5.76 Å². The van der Waals surface area contributed by atoms with Crippen LogP contribution in [0.25, 0.3) is 0 Å². The summed E-state index contributed by atoms with van der Waals surface area (Å²) in [5.74, 6) is -0.490. The van der Waals surface area contributed by atoms with E-state index < -0.39 is 30.6 Å². The highest BCUT2D eigenvalue weighted by Crippen LogP contribution is 2.25. The summed E-state index contributed by atoms with van der Waals surface area (Å²) >= 11 is 0. The summed E-state index contributed by atoms with van der Waals surface area (Å²) in [5, 5.41) is 29.3. The normalized spacial score (nSPS) is 29.8. The first-order valence-corrected chi connectivity index (χ1v) is 8.20. The Kier molecular flexibility index (Phi) is 8.05. The minimum Gasteiger partial charge on any atom is -0.507 e. The van der Waals surface area contributed by atoms with Gasteiger partial charge in [-0.2, -0.15) is 0 Å². The Morgan fingerprint density at radius 3 is 2.62 bits per heavy atom. The van der Waals surface area contributed by atoms with Gasteiger partial charge in [0.25, 0.3) is 0 Å². The number of nitrogens with two attached hydrogens (primary N) is 1. The number of aliphatic hydroxyl groups excluding tert-OH is 3. The van der Waals surface area contributed by atoms with Gasteiger partial charge in [0, 0.05) is 31.9 Å². The molecule has 0 spiro atoms. The first-order valence-electron chi connectivity index (χ1n) is 8.20. The van der Waals surface area contributed by atoms with E-state index in [1.807, 2.05) is 0 Å². The molecule has 5 atom stereocenters. The molecule has 0 bridgehead atoms. The number of carbonyl (C=O) groups is 1. The highest BCUT2D eigenvalue weighted by Gasteiger charge is 2.35. The first-order chi connectivity index (χ1) is 11.2. The lowest BCUT2D eigenvalue weighted by molar-refractivity contribution is -0.235. The number of aliphatic hydroxyl groups is 3. The highest BCUT2D eigenvalue weighted by atomic mass is 16.7. The van der Waals surface area contributed by atoms with Gasteiger partial charge < -0.3 is 30.5 Å². The summed E-state index contributed by atoms with van der Waals surface area (Å²) < 4.78 is 11.4. The van der Waals surface area contributed by atoms with E-state index in [0.717, 1.165) is 0 Å². The summed E-state index contributed by atoms with van der Waals surface area (Å²) in [6, 6.07) is -0.483. The Hall–Kier alpha value is -1.25. The molecule has 0 radical (unpaired) electrons. The molecule has 1 saturated heterocycles. The number of Topliss-reactive ketones (excluding diaryl/α,β-unsaturated/α-hetero) is 1. The molecule has 0 aliphatic carbocycles. The van der Waals surface area contributed by atoms with Crippen LogP contribution in [0.1, 0.15) is 40.0 Å². The molecule has 5 N–H and O–H groups in total. The molecule has 1 heterocycles. The smallest absolute Gasteiger partial charge is 0.165 e. The van der Waals surface area contributed by atoms with Gasteiger partial charge in [-0.05, 0) is 19.4 Å². The molecular formula is C17H29NO6. The van der Waals surface area contributed by atoms with Crippen LogP contribution in [0.3, 0.4) is 0 Å². The van der Waals surface area contributed by atoms with Crippen LogP contribution >= 0.6 is 0 Å². The van der Waals surface area contributed by atoms with E-state index in [2.05, 4.69) is 6.58 Å². The molecule has 0 aromatic heterocycles. The number of ether oxygens (including phenoxy) is 2. The molecule has 1 rings (SSSR count). The standard InChI is InChI=1S/C17H29NO6/c1-5-13(20)9(2)16(21)10(3)14(6-7-19)24-15-8-12(18)17(22)11(4)23-15/h11-12,14-15,17,19,21-22H,2,5-8,18H2,1,3-4H3/b16-10-/t11?,12?,14-,15-,17-/m0/s1. The zero-order valence-electron chi connectivity index (χ0n) is 14.6. The number of hydrogen-bond donors (Lipinski definition) is 4. The third-order valence-electron chi connectivity index (χ3n) is 4.26. The fourth-order valence-corrected chi connectivity index (χ4v) is 2.60. The van der Waals surface area contributed by atoms with E-state index in [1.165, 1.54) is 0 Å². The van der Waals surface area contributed by atoms with Crippen LogP contribution in [0.2, 0.25) is 0 Å². The van der Waals surface area contributed by atoms with Gasteiger partial charge in [-0.1, -0.05) is 13.5 Å². The van der Waals surface area contributed by atoms with Gasteiger partial charge in [0.2, 0.25) is 0 Å². The van der Waals surface area contributed by atoms with Crippen LogP contribution in [0.5, 0.6) is 0 Å². The third kappa shape index (κ3) is 5.12. The molecule has 1 aliphatic heterocycles. The molecule has 2 unspecified atom stereocenters. The molecule has 0 amide bonds. The second-order valence-electron chi connectivity index (χ2n) is 6.08. The van der Waals surface area contributed by atoms with Crippen molar-refractivity contribution < 1.29 is 29.6 Å². The summed E-state index contributed by atoms with van der Waals surface area (Å²) in [6.07, 6.45) is -1.84. The number of hydrogen-bond acceptors (Lipinski definition) is 7. The molecule has 138 valence electrons. The van der Waals surface area contributed by atoms with Crippen molar-refractivity contribution in [1.82, 2.24) is 0 Å². The second kappa shape index (κ2) is 9.29. The van der Waals surface area contributed by atoms with Crippen LogP contribution in [-0.2, 0) is 14.3 Å². The maximum absolute atomic E-state index is 11.7. The molecule has 7 nitrogen and oxygen atoms in total. The molecule has 0 saturated carbocycles. The Morgan fingerprint density at radius 2 is 2.12 bits per heavy atom. The van der Waals surface area contributed by atoms with E-state index in [9.17, 15) is 20.1 Å². The predicted octanol–water partition coefficient (Wildman–Crippen LogP) is 0.944. The van der Waals surface area contributed by atoms with Gasteiger partial charge in [0.15, 0.2) is 12.1 Å². The maximum atomic E-state index is 11.7. The summed E-state index contributed by atoms with van der Waals surface area (Å²) in [7, 11) is 0. The van der Waals surface area contributed by atoms with E-state index in [4.69, 9.17) is 15.2 Å². The number of allylic oxidation sites excluding steroid dienone is 1. The Labute approximate surface area is 142 Å². The van der Waals surface area contributed by atoms with Crippen LogP contribution in [0, 0.1) is 0 Å². The Balaban J connectivity index is 2.90. The molecule has 7 heteroatoms. The Bertz CT molecular complexity index is 477. The van der Waals surface area contributed by atoms with Crippen molar-refractivity contribution in [2.45, 2.75) is 70.7 Å². The van der Waals surface area contributed by atoms with Crippen molar-refractivity contribution in [3.05, 3.63) is 23.5 Å². The number of carbonyl (C=O) groups excluding carboxylic acids is 1. The van der Waals surface area contributed by atoms with Crippen molar-refractivity contribution in [3.8, 4) is 0 Å². The first kappa shape index (κ1) is 20.8. The van der Waals surface area contributed by atoms with E-state index in [0.29, 0.717) is 5.57 Å². The van der Waals surface area contributed by atoms with E-state index in [-0.39, 0.29) is 43.0 Å². The van der Waals surface area contributed by atoms with Crippen LogP contribution in [0.15, 0.2) is 23.5 Å². The fraction of sp³-hybridized carbons (Fsp3) is 0.706. The van der Waals surface area contributed by atoms with Crippen LogP contribution < -0.4 is 5.73 Å². The van der Waals surface area contributed by atoms with Gasteiger partial charge in [0.05, 0.1) is 23.9 Å². The quantitative estimate of drug-likeness (QED) is 0.294. The van der Waals surface area contributed by atoms with Gasteiger partial charge in [-0.3, -0.25) is 4.79 Å². The largest absolute Gasteiger partial charge is 0.507 e. The third-order valence-corrected chi connectivity index (χ3v) is 4.26. The van der Waals surface area contributed by atoms with Crippen molar-refractivity contribution in [2.75, 3.05) is 6.61 Å². The van der Waals surface area contributed by atoms with Gasteiger partial charge in [-0.15, -0.1) is 0 Å². The average Bonchev–Trinajstić information content (AvgIpc) is 2.56. The molecule has 0 aromatic rings. The van der Waals surface area contributed by atoms with E-state index >= 15 is 0 Å². The van der Waals surface area contributed by atoms with Gasteiger partial charge in [-0.25, -0.2) is 0 Å². The monoisotopic (exact) mass is 343 g/mol. The summed E-state index contributed by atoms with van der Waals surface area (Å²) in [4.78, 5) is 11.7. The lowest BCUT2D eigenvalue weighted by atomic mass is 9.99. The second-order valence-corrected chi connectivity index (χ2v) is 6.08. The molecule has 1 aliphatic rings. The number of ketones is 1. The van der Waals surface area contributed by atoms with Crippen LogP contribution in [0.4, 0.5) is 0 Å². The zero-order valence-corrected chi connectivity index (χ0v) is 14.6. The molecule has 0 aromatic carbocycles. The lowest BCUT2D eigenvalue weighted by Crippen LogP contribution is -2.52. The SMILES string of the molecule is C=C(C(=O)CC)/C(O)=C(\C)[C@H](CCO)O[C@H]1CC(N)[C@@H](O)C(C)O1. The topological polar surface area (TPSA) is 122 Å². The minimum absolute atomic E-state index is 0.0200. The van der Waals surface area contributed by atoms with Crippen molar-refractivity contribution in [1.29, 1.82) is 0 Å². The van der Waals surface area contributed by atoms with E-state index in [1.54, 1.807) is 20.8 Å². The van der Waals surface area contributed by atoms with Crippen molar-refractivity contribution >= 4 is 5.78 Å². The minimum atomic E-state index is -0.770. The van der Waals surface area contributed by atoms with Gasteiger partial charge >= 0.3 is 0 Å². The highest BCUT2D eigenvalue weighted by molar-refractivity contribution is 5.98. The van der Waals surface area contributed by atoms with Crippen LogP contribution in [-0.4, -0.2) is 58.4 Å². The molecular weight excluding hydrogens is 314 g/mol. The molecule has 1 fully saturated rings. The summed E-state index contributed by atoms with van der Waals surface area (Å²) in [5.41, 5.74) is 6.29. The zero-order chi connectivity index (χ0) is 18.4. The Morgan fingerprint density at radius 1 is 1.50 bits per heavy atom. The molecule has 24 heavy (non-hydrogen) atoms. The average molecular weight is 343 g/mol. The van der Waals surface area contributed by atoms with Crippen molar-refractivity contribution in [3.63, 3.8) is 0 Å². The van der Waals surface area contributed by atoms with Crippen molar-refractivity contribution in [2.24, 2.45) is 5.73 Å².